The summed E-state index contributed by atoms with van der Waals surface area (Å²) in [6.45, 7) is 2.18. The van der Waals surface area contributed by atoms with E-state index in [1.165, 1.54) is 16.0 Å². The minimum Gasteiger partial charge on any atom is -0.128 e. The van der Waals surface area contributed by atoms with Crippen LogP contribution in [-0.2, 0) is 12.8 Å². The Morgan fingerprint density at radius 1 is 1.17 bits per heavy atom. The van der Waals surface area contributed by atoms with Gasteiger partial charge in [-0.2, -0.15) is 0 Å². The zero-order valence-corrected chi connectivity index (χ0v) is 13.5. The van der Waals surface area contributed by atoms with Gasteiger partial charge in [0, 0.05) is 10.2 Å². The Bertz CT molecular complexity index is 507. The molecule has 3 heteroatoms. The van der Waals surface area contributed by atoms with Crippen LogP contribution in [0.1, 0.15) is 16.0 Å². The maximum absolute atomic E-state index is 5.98. The first-order valence-corrected chi connectivity index (χ1v) is 8.35. The second-order valence-electron chi connectivity index (χ2n) is 4.56. The molecule has 96 valence electrons. The van der Waals surface area contributed by atoms with E-state index in [-0.39, 0.29) is 0 Å². The molecule has 1 heterocycles. The molecule has 0 saturated heterocycles. The van der Waals surface area contributed by atoms with Gasteiger partial charge in [-0.15, -0.1) is 11.3 Å². The summed E-state index contributed by atoms with van der Waals surface area (Å²) in [6, 6.07) is 12.8. The standard InChI is InChI=1S/C15H16BrClS/c1-11-4-2-3-5-13(11)8-12(10-16)9-14-6-7-15(17)18-14/h2-7,12H,8-10H2,1H3. The molecule has 1 unspecified atom stereocenters. The monoisotopic (exact) mass is 342 g/mol. The lowest BCUT2D eigenvalue weighted by Crippen LogP contribution is -2.10. The summed E-state index contributed by atoms with van der Waals surface area (Å²) in [5, 5.41) is 1.02. The fourth-order valence-electron chi connectivity index (χ4n) is 2.08. The summed E-state index contributed by atoms with van der Waals surface area (Å²) < 4.78 is 0.884. The van der Waals surface area contributed by atoms with Crippen molar-refractivity contribution in [2.45, 2.75) is 19.8 Å². The van der Waals surface area contributed by atoms with Gasteiger partial charge in [0.2, 0.25) is 0 Å². The Morgan fingerprint density at radius 2 is 1.94 bits per heavy atom. The van der Waals surface area contributed by atoms with Crippen LogP contribution in [-0.4, -0.2) is 5.33 Å². The van der Waals surface area contributed by atoms with Crippen molar-refractivity contribution in [2.75, 3.05) is 5.33 Å². The lowest BCUT2D eigenvalue weighted by molar-refractivity contribution is 0.595. The lowest BCUT2D eigenvalue weighted by Gasteiger charge is -2.14. The maximum atomic E-state index is 5.98. The number of hydrogen-bond donors (Lipinski definition) is 0. The summed E-state index contributed by atoms with van der Waals surface area (Å²) in [5.41, 5.74) is 2.83. The third kappa shape index (κ3) is 3.84. The number of aryl methyl sites for hydroxylation is 1. The van der Waals surface area contributed by atoms with E-state index >= 15 is 0 Å². The van der Waals surface area contributed by atoms with Crippen molar-refractivity contribution in [3.63, 3.8) is 0 Å². The number of benzene rings is 1. The summed E-state index contributed by atoms with van der Waals surface area (Å²) in [5.74, 6) is 0.626. The number of alkyl halides is 1. The van der Waals surface area contributed by atoms with Crippen LogP contribution < -0.4 is 0 Å². The smallest absolute Gasteiger partial charge is 0.0931 e. The van der Waals surface area contributed by atoms with Crippen LogP contribution in [0.4, 0.5) is 0 Å². The summed E-state index contributed by atoms with van der Waals surface area (Å²) in [7, 11) is 0. The van der Waals surface area contributed by atoms with Crippen molar-refractivity contribution in [2.24, 2.45) is 5.92 Å². The second-order valence-corrected chi connectivity index (χ2v) is 7.01. The SMILES string of the molecule is Cc1ccccc1CC(CBr)Cc1ccc(Cl)s1. The predicted octanol–water partition coefficient (Wildman–Crippen LogP) is 5.51. The van der Waals surface area contributed by atoms with Crippen molar-refractivity contribution in [3.8, 4) is 0 Å². The van der Waals surface area contributed by atoms with Gasteiger partial charge in [0.1, 0.15) is 0 Å². The molecule has 0 spiro atoms. The molecule has 0 aliphatic rings. The number of hydrogen-bond acceptors (Lipinski definition) is 1. The maximum Gasteiger partial charge on any atom is 0.0931 e. The van der Waals surface area contributed by atoms with Gasteiger partial charge in [0.05, 0.1) is 4.34 Å². The molecule has 1 atom stereocenters. The zero-order valence-electron chi connectivity index (χ0n) is 10.3. The van der Waals surface area contributed by atoms with Crippen LogP contribution in [0.2, 0.25) is 4.34 Å². The van der Waals surface area contributed by atoms with E-state index in [4.69, 9.17) is 11.6 Å². The molecule has 0 radical (unpaired) electrons. The average molecular weight is 344 g/mol. The van der Waals surface area contributed by atoms with Crippen molar-refractivity contribution >= 4 is 38.9 Å². The fraction of sp³-hybridized carbons (Fsp3) is 0.333. The van der Waals surface area contributed by atoms with Crippen LogP contribution in [0.5, 0.6) is 0 Å². The van der Waals surface area contributed by atoms with E-state index in [1.807, 2.05) is 6.07 Å². The first-order valence-electron chi connectivity index (χ1n) is 6.03. The molecular weight excluding hydrogens is 328 g/mol. The minimum atomic E-state index is 0.626. The van der Waals surface area contributed by atoms with Crippen LogP contribution in [0, 0.1) is 12.8 Å². The highest BCUT2D eigenvalue weighted by Crippen LogP contribution is 2.26. The van der Waals surface area contributed by atoms with Gasteiger partial charge >= 0.3 is 0 Å². The van der Waals surface area contributed by atoms with E-state index in [9.17, 15) is 0 Å². The molecule has 0 amide bonds. The first kappa shape index (κ1) is 14.1. The Morgan fingerprint density at radius 3 is 2.56 bits per heavy atom. The van der Waals surface area contributed by atoms with E-state index in [2.05, 4.69) is 53.2 Å². The molecule has 0 bridgehead atoms. The van der Waals surface area contributed by atoms with Crippen molar-refractivity contribution in [1.29, 1.82) is 0 Å². The normalized spacial score (nSPS) is 12.6. The zero-order chi connectivity index (χ0) is 13.0. The van der Waals surface area contributed by atoms with Crippen molar-refractivity contribution in [1.82, 2.24) is 0 Å². The molecule has 18 heavy (non-hydrogen) atoms. The van der Waals surface area contributed by atoms with Gasteiger partial charge in [-0.3, -0.25) is 0 Å². The quantitative estimate of drug-likeness (QED) is 0.628. The van der Waals surface area contributed by atoms with Crippen LogP contribution in [0.3, 0.4) is 0 Å². The molecule has 0 aliphatic carbocycles. The minimum absolute atomic E-state index is 0.626. The van der Waals surface area contributed by atoms with Crippen LogP contribution in [0.15, 0.2) is 36.4 Å². The molecule has 0 fully saturated rings. The third-order valence-corrected chi connectivity index (χ3v) is 5.28. The van der Waals surface area contributed by atoms with E-state index < -0.39 is 0 Å². The van der Waals surface area contributed by atoms with Gasteiger partial charge in [-0.25, -0.2) is 0 Å². The van der Waals surface area contributed by atoms with Gasteiger partial charge < -0.3 is 0 Å². The van der Waals surface area contributed by atoms with Crippen molar-refractivity contribution < 1.29 is 0 Å². The molecule has 0 nitrogen and oxygen atoms in total. The summed E-state index contributed by atoms with van der Waals surface area (Å²) in [4.78, 5) is 1.37. The third-order valence-electron chi connectivity index (χ3n) is 3.11. The molecule has 1 aromatic carbocycles. The molecule has 2 aromatic rings. The van der Waals surface area contributed by atoms with Gasteiger partial charge in [0.25, 0.3) is 0 Å². The van der Waals surface area contributed by atoms with E-state index in [0.717, 1.165) is 22.5 Å². The van der Waals surface area contributed by atoms with Gasteiger partial charge in [0.15, 0.2) is 0 Å². The Labute approximate surface area is 126 Å². The highest BCUT2D eigenvalue weighted by molar-refractivity contribution is 9.09. The molecule has 2 rings (SSSR count). The molecule has 0 saturated carbocycles. The highest BCUT2D eigenvalue weighted by atomic mass is 79.9. The van der Waals surface area contributed by atoms with E-state index in [0.29, 0.717) is 5.92 Å². The highest BCUT2D eigenvalue weighted by Gasteiger charge is 2.12. The van der Waals surface area contributed by atoms with Crippen LogP contribution in [0.25, 0.3) is 0 Å². The molecule has 0 aliphatic heterocycles. The number of rotatable bonds is 5. The predicted molar refractivity (Wildman–Crippen MR) is 85.2 cm³/mol. The largest absolute Gasteiger partial charge is 0.128 e. The van der Waals surface area contributed by atoms with Gasteiger partial charge in [-0.1, -0.05) is 51.8 Å². The average Bonchev–Trinajstić information content (AvgIpc) is 2.76. The second kappa shape index (κ2) is 6.74. The summed E-state index contributed by atoms with van der Waals surface area (Å²) >= 11 is 11.3. The number of thiophene rings is 1. The Kier molecular flexibility index (Phi) is 5.28. The summed E-state index contributed by atoms with van der Waals surface area (Å²) in [6.07, 6.45) is 2.21. The topological polar surface area (TPSA) is 0 Å². The first-order chi connectivity index (χ1) is 8.69. The Balaban J connectivity index is 2.04. The Hall–Kier alpha value is -0.310. The molecule has 0 N–H and O–H groups in total. The van der Waals surface area contributed by atoms with Crippen LogP contribution >= 0.6 is 38.9 Å². The van der Waals surface area contributed by atoms with E-state index in [1.54, 1.807) is 11.3 Å². The van der Waals surface area contributed by atoms with Crippen molar-refractivity contribution in [3.05, 3.63) is 56.7 Å². The lowest BCUT2D eigenvalue weighted by atomic mass is 9.95. The molecular formula is C15H16BrClS. The molecule has 1 aromatic heterocycles. The van der Waals surface area contributed by atoms with Gasteiger partial charge in [-0.05, 0) is 48.9 Å². The fourth-order valence-corrected chi connectivity index (χ4v) is 3.74. The number of halogens is 2.